The zero-order valence-electron chi connectivity index (χ0n) is 21.2. The number of unbranched alkanes of at least 4 members (excludes halogenated alkanes) is 1. The molecule has 1 aliphatic heterocycles. The summed E-state index contributed by atoms with van der Waals surface area (Å²) < 4.78 is 10.5. The highest BCUT2D eigenvalue weighted by Gasteiger charge is 2.37. The fourth-order valence-corrected chi connectivity index (χ4v) is 4.70. The number of carbonyl (C=O) groups is 3. The number of allylic oxidation sites excluding steroid dienone is 2. The zero-order valence-corrected chi connectivity index (χ0v) is 21.2. The normalized spacial score (nSPS) is 18.1. The molecule has 1 aliphatic carbocycles. The number of Topliss-reactive ketones (excluding diaryl/α,β-unsaturated/α-hetero) is 1. The molecule has 1 saturated heterocycles. The summed E-state index contributed by atoms with van der Waals surface area (Å²) in [6, 6.07) is 6.48. The zero-order chi connectivity index (χ0) is 25.0. The van der Waals surface area contributed by atoms with Gasteiger partial charge in [0.25, 0.3) is 0 Å². The molecule has 0 N–H and O–H groups in total. The molecule has 3 rings (SSSR count). The number of rotatable bonds is 7. The van der Waals surface area contributed by atoms with Crippen molar-refractivity contribution in [2.24, 2.45) is 10.4 Å². The molecule has 6 nitrogen and oxygen atoms in total. The minimum absolute atomic E-state index is 0. The molecular formula is C28H41NO5. The van der Waals surface area contributed by atoms with Crippen LogP contribution in [0.1, 0.15) is 94.3 Å². The van der Waals surface area contributed by atoms with Crippen molar-refractivity contribution in [1.29, 1.82) is 0 Å². The van der Waals surface area contributed by atoms with Gasteiger partial charge in [0, 0.05) is 45.0 Å². The largest absolute Gasteiger partial charge is 0.462 e. The van der Waals surface area contributed by atoms with Crippen LogP contribution in [0.2, 0.25) is 0 Å². The molecular weight excluding hydrogens is 430 g/mol. The van der Waals surface area contributed by atoms with E-state index in [0.29, 0.717) is 41.6 Å². The number of esters is 1. The Hall–Kier alpha value is -2.60. The minimum atomic E-state index is -0.368. The Bertz CT molecular complexity index is 916. The van der Waals surface area contributed by atoms with Crippen molar-refractivity contribution in [2.45, 2.75) is 72.1 Å². The van der Waals surface area contributed by atoms with Gasteiger partial charge < -0.3 is 9.47 Å². The highest BCUT2D eigenvalue weighted by atomic mass is 16.5. The summed E-state index contributed by atoms with van der Waals surface area (Å²) in [7, 11) is 1.79. The Balaban J connectivity index is 0.000000350. The molecule has 1 heterocycles. The predicted molar refractivity (Wildman–Crippen MR) is 137 cm³/mol. The lowest BCUT2D eigenvalue weighted by Crippen LogP contribution is -2.29. The molecule has 0 atom stereocenters. The fourth-order valence-electron chi connectivity index (χ4n) is 4.70. The molecule has 1 aromatic rings. The standard InChI is InChI=1S/C16H25NO2.C12H14O3.H2/c1-4-13(17-3)15-12(2)11-16(6-5-14(15)18)7-9-19-10-8-16;1-2-3-7-15-12(14)11-6-4-5-10(8-11)9-13;/h4-11H2,1-3H3;4-6,8-9H,2-3,7H2,1H3;1H. The van der Waals surface area contributed by atoms with Gasteiger partial charge in [0.1, 0.15) is 6.29 Å². The van der Waals surface area contributed by atoms with Crippen LogP contribution in [0.5, 0.6) is 0 Å². The van der Waals surface area contributed by atoms with Crippen molar-refractivity contribution in [2.75, 3.05) is 26.9 Å². The van der Waals surface area contributed by atoms with E-state index in [2.05, 4.69) is 18.8 Å². The number of carbonyl (C=O) groups excluding carboxylic acids is 3. The third-order valence-electron chi connectivity index (χ3n) is 6.66. The van der Waals surface area contributed by atoms with Crippen LogP contribution in [-0.4, -0.2) is 50.6 Å². The Labute approximate surface area is 205 Å². The number of hydrogen-bond acceptors (Lipinski definition) is 6. The van der Waals surface area contributed by atoms with Gasteiger partial charge in [-0.05, 0) is 63.0 Å². The predicted octanol–water partition coefficient (Wildman–Crippen LogP) is 6.04. The van der Waals surface area contributed by atoms with Crippen LogP contribution in [0.4, 0.5) is 0 Å². The summed E-state index contributed by atoms with van der Waals surface area (Å²) in [6.07, 6.45) is 8.30. The molecule has 0 bridgehead atoms. The van der Waals surface area contributed by atoms with E-state index in [9.17, 15) is 14.4 Å². The SMILES string of the molecule is CCC(=NC)C1=C(C)CC2(CCOCC2)CCC1=O.CCCCOC(=O)c1cccc(C=O)c1.[HH]. The van der Waals surface area contributed by atoms with Gasteiger partial charge in [-0.2, -0.15) is 0 Å². The topological polar surface area (TPSA) is 82.0 Å². The van der Waals surface area contributed by atoms with E-state index in [1.165, 1.54) is 11.6 Å². The third kappa shape index (κ3) is 7.73. The molecule has 1 fully saturated rings. The Morgan fingerprint density at radius 2 is 1.97 bits per heavy atom. The summed E-state index contributed by atoms with van der Waals surface area (Å²) in [6.45, 7) is 8.35. The van der Waals surface area contributed by atoms with E-state index in [-0.39, 0.29) is 7.40 Å². The number of ether oxygens (including phenoxy) is 2. The molecule has 0 aromatic heterocycles. The molecule has 6 heteroatoms. The molecule has 1 spiro atoms. The highest BCUT2D eigenvalue weighted by molar-refractivity contribution is 6.22. The molecule has 2 aliphatic rings. The average Bonchev–Trinajstić information content (AvgIpc) is 2.97. The van der Waals surface area contributed by atoms with Crippen LogP contribution in [0.15, 0.2) is 40.4 Å². The number of aliphatic imine (C=N–C) groups is 1. The van der Waals surface area contributed by atoms with Crippen LogP contribution in [-0.2, 0) is 14.3 Å². The molecule has 0 saturated carbocycles. The van der Waals surface area contributed by atoms with Gasteiger partial charge in [-0.3, -0.25) is 14.6 Å². The first-order valence-electron chi connectivity index (χ1n) is 12.4. The van der Waals surface area contributed by atoms with Crippen molar-refractivity contribution >= 4 is 23.8 Å². The Morgan fingerprint density at radius 1 is 1.24 bits per heavy atom. The molecule has 1 aromatic carbocycles. The van der Waals surface area contributed by atoms with Crippen molar-refractivity contribution in [3.05, 3.63) is 46.5 Å². The number of benzene rings is 1. The number of ketones is 1. The van der Waals surface area contributed by atoms with E-state index in [1.807, 2.05) is 6.92 Å². The van der Waals surface area contributed by atoms with Crippen molar-refractivity contribution in [3.8, 4) is 0 Å². The van der Waals surface area contributed by atoms with Gasteiger partial charge in [-0.15, -0.1) is 0 Å². The second kappa shape index (κ2) is 14.0. The lowest BCUT2D eigenvalue weighted by molar-refractivity contribution is -0.115. The Morgan fingerprint density at radius 3 is 2.59 bits per heavy atom. The summed E-state index contributed by atoms with van der Waals surface area (Å²) in [5.41, 5.74) is 4.36. The maximum absolute atomic E-state index is 12.4. The highest BCUT2D eigenvalue weighted by Crippen LogP contribution is 2.44. The quantitative estimate of drug-likeness (QED) is 0.210. The number of aldehydes is 1. The lowest BCUT2D eigenvalue weighted by Gasteiger charge is -2.36. The first kappa shape index (κ1) is 27.6. The maximum Gasteiger partial charge on any atom is 0.338 e. The number of hydrogen-bond donors (Lipinski definition) is 0. The van der Waals surface area contributed by atoms with Crippen LogP contribution < -0.4 is 0 Å². The summed E-state index contributed by atoms with van der Waals surface area (Å²) in [5, 5.41) is 0. The van der Waals surface area contributed by atoms with Gasteiger partial charge in [0.05, 0.1) is 12.2 Å². The molecule has 188 valence electrons. The first-order chi connectivity index (χ1) is 16.4. The van der Waals surface area contributed by atoms with Gasteiger partial charge in [0.2, 0.25) is 0 Å². The molecule has 34 heavy (non-hydrogen) atoms. The van der Waals surface area contributed by atoms with E-state index in [0.717, 1.165) is 69.4 Å². The van der Waals surface area contributed by atoms with E-state index in [1.54, 1.807) is 25.2 Å². The second-order valence-electron chi connectivity index (χ2n) is 9.12. The summed E-state index contributed by atoms with van der Waals surface area (Å²) in [5.74, 6) is -0.0736. The lowest BCUT2D eigenvalue weighted by atomic mass is 9.73. The average molecular weight is 472 g/mol. The van der Waals surface area contributed by atoms with Crippen LogP contribution >= 0.6 is 0 Å². The molecule has 0 unspecified atom stereocenters. The van der Waals surface area contributed by atoms with Crippen LogP contribution in [0, 0.1) is 5.41 Å². The van der Waals surface area contributed by atoms with Gasteiger partial charge in [0.15, 0.2) is 5.78 Å². The monoisotopic (exact) mass is 471 g/mol. The van der Waals surface area contributed by atoms with Gasteiger partial charge >= 0.3 is 5.97 Å². The van der Waals surface area contributed by atoms with Crippen molar-refractivity contribution in [1.82, 2.24) is 0 Å². The fraction of sp³-hybridized carbons (Fsp3) is 0.571. The van der Waals surface area contributed by atoms with E-state index in [4.69, 9.17) is 9.47 Å². The Kier molecular flexibility index (Phi) is 11.3. The van der Waals surface area contributed by atoms with Crippen molar-refractivity contribution in [3.63, 3.8) is 0 Å². The molecule has 0 radical (unpaired) electrons. The van der Waals surface area contributed by atoms with Crippen molar-refractivity contribution < 1.29 is 25.3 Å². The minimum Gasteiger partial charge on any atom is -0.462 e. The van der Waals surface area contributed by atoms with Gasteiger partial charge in [-0.25, -0.2) is 4.79 Å². The van der Waals surface area contributed by atoms with E-state index >= 15 is 0 Å². The first-order valence-corrected chi connectivity index (χ1v) is 12.4. The smallest absolute Gasteiger partial charge is 0.338 e. The maximum atomic E-state index is 12.4. The van der Waals surface area contributed by atoms with Crippen LogP contribution in [0.3, 0.4) is 0 Å². The second-order valence-corrected chi connectivity index (χ2v) is 9.12. The van der Waals surface area contributed by atoms with Crippen LogP contribution in [0.25, 0.3) is 0 Å². The summed E-state index contributed by atoms with van der Waals surface area (Å²) >= 11 is 0. The van der Waals surface area contributed by atoms with E-state index < -0.39 is 0 Å². The van der Waals surface area contributed by atoms with Gasteiger partial charge in [-0.1, -0.05) is 38.0 Å². The third-order valence-corrected chi connectivity index (χ3v) is 6.66. The molecule has 0 amide bonds. The summed E-state index contributed by atoms with van der Waals surface area (Å²) in [4.78, 5) is 38.7. The number of nitrogens with zero attached hydrogens (tertiary/aromatic N) is 1.